The maximum atomic E-state index is 13.0. The van der Waals surface area contributed by atoms with Crippen molar-refractivity contribution in [1.29, 1.82) is 0 Å². The third-order valence-corrected chi connectivity index (χ3v) is 9.04. The van der Waals surface area contributed by atoms with Crippen LogP contribution in [0.5, 0.6) is 0 Å². The number of fused-ring (bicyclic) bond motifs is 2. The molecule has 3 aromatic heterocycles. The summed E-state index contributed by atoms with van der Waals surface area (Å²) in [6, 6.07) is 5.43. The average Bonchev–Trinajstić information content (AvgIpc) is 3.58. The number of anilines is 1. The van der Waals surface area contributed by atoms with Gasteiger partial charge in [-0.05, 0) is 69.2 Å². The number of halogens is 3. The molecule has 4 aromatic rings. The number of nitrogens with zero attached hydrogens (tertiary/aromatic N) is 5. The summed E-state index contributed by atoms with van der Waals surface area (Å²) in [4.78, 5) is 18.4. The molecule has 3 heterocycles. The van der Waals surface area contributed by atoms with Crippen LogP contribution >= 0.6 is 0 Å². The second-order valence-corrected chi connectivity index (χ2v) is 12.1. The van der Waals surface area contributed by atoms with Crippen molar-refractivity contribution in [2.45, 2.75) is 70.0 Å². The predicted molar refractivity (Wildman–Crippen MR) is 149 cm³/mol. The number of aromatic amines is 1. The third kappa shape index (κ3) is 5.40. The molecule has 5 N–H and O–H groups in total. The van der Waals surface area contributed by atoms with Gasteiger partial charge in [0, 0.05) is 37.7 Å². The van der Waals surface area contributed by atoms with Crippen molar-refractivity contribution >= 4 is 27.9 Å². The number of aliphatic hydroxyl groups excluding tert-OH is 2. The summed E-state index contributed by atoms with van der Waals surface area (Å²) in [6.07, 6.45) is 0.481. The standard InChI is InChI=1S/C29H36F3N7O2/c1-15(2)38(13-18-10-23(26(41)25(18)40)39-6-5-20-27(33)34-14-35-28(20)39)12-17-7-16(8-17)9-24-36-21-4-3-19(29(30,31)32)11-22(21)37-24/h3-6,11,14-18,23,25-26,40-41H,7-10,12-13H2,1-2H3,(H,36,37)(H2,33,34,35)/t16?,17?,18-,23-,25-,26+/m1/s1. The number of imidazole rings is 1. The minimum Gasteiger partial charge on any atom is -0.390 e. The van der Waals surface area contributed by atoms with Crippen LogP contribution in [0.25, 0.3) is 22.1 Å². The van der Waals surface area contributed by atoms with Gasteiger partial charge in [0.15, 0.2) is 0 Å². The number of benzene rings is 1. The van der Waals surface area contributed by atoms with Crippen LogP contribution in [0.2, 0.25) is 0 Å². The van der Waals surface area contributed by atoms with Gasteiger partial charge in [-0.2, -0.15) is 13.2 Å². The van der Waals surface area contributed by atoms with Gasteiger partial charge in [0.05, 0.1) is 34.1 Å². The second kappa shape index (κ2) is 10.6. The summed E-state index contributed by atoms with van der Waals surface area (Å²) in [5.74, 6) is 1.94. The first kappa shape index (κ1) is 27.9. The highest BCUT2D eigenvalue weighted by molar-refractivity contribution is 5.86. The molecule has 12 heteroatoms. The van der Waals surface area contributed by atoms with E-state index in [1.807, 2.05) is 16.8 Å². The Morgan fingerprint density at radius 3 is 2.59 bits per heavy atom. The Morgan fingerprint density at radius 2 is 1.85 bits per heavy atom. The zero-order valence-corrected chi connectivity index (χ0v) is 23.1. The molecule has 0 bridgehead atoms. The van der Waals surface area contributed by atoms with Crippen molar-refractivity contribution in [3.63, 3.8) is 0 Å². The zero-order valence-electron chi connectivity index (χ0n) is 23.1. The molecule has 0 amide bonds. The Hall–Kier alpha value is -3.22. The van der Waals surface area contributed by atoms with E-state index in [0.717, 1.165) is 42.7 Å². The van der Waals surface area contributed by atoms with Crippen molar-refractivity contribution < 1.29 is 23.4 Å². The number of nitrogen functional groups attached to an aromatic ring is 1. The van der Waals surface area contributed by atoms with Crippen molar-refractivity contribution in [3.05, 3.63) is 48.2 Å². The van der Waals surface area contributed by atoms with Crippen LogP contribution in [0.15, 0.2) is 36.8 Å². The van der Waals surface area contributed by atoms with E-state index >= 15 is 0 Å². The van der Waals surface area contributed by atoms with Gasteiger partial charge in [0.2, 0.25) is 0 Å². The quantitative estimate of drug-likeness (QED) is 0.250. The molecule has 1 aromatic carbocycles. The molecule has 2 aliphatic rings. The number of aliphatic hydroxyl groups is 2. The van der Waals surface area contributed by atoms with Crippen molar-refractivity contribution in [3.8, 4) is 0 Å². The molecular formula is C29H36F3N7O2. The maximum Gasteiger partial charge on any atom is 0.416 e. The van der Waals surface area contributed by atoms with Gasteiger partial charge in [0.1, 0.15) is 29.7 Å². The Balaban J connectivity index is 1.05. The van der Waals surface area contributed by atoms with Crippen LogP contribution in [0, 0.1) is 17.8 Å². The first-order valence-electron chi connectivity index (χ1n) is 14.2. The lowest BCUT2D eigenvalue weighted by molar-refractivity contribution is -0.137. The molecule has 2 fully saturated rings. The summed E-state index contributed by atoms with van der Waals surface area (Å²) in [7, 11) is 0. The van der Waals surface area contributed by atoms with Crippen LogP contribution in [0.3, 0.4) is 0 Å². The van der Waals surface area contributed by atoms with Crippen LogP contribution < -0.4 is 5.73 Å². The SMILES string of the molecule is CC(C)N(CC1CC(Cc2nc3cc(C(F)(F)F)ccc3[nH]2)C1)C[C@H]1C[C@@H](n2ccc3c(N)ncnc32)[C@H](O)[C@@H]1O. The van der Waals surface area contributed by atoms with E-state index in [-0.39, 0.29) is 18.0 Å². The van der Waals surface area contributed by atoms with Crippen molar-refractivity contribution in [2.75, 3.05) is 18.8 Å². The Kier molecular flexibility index (Phi) is 7.19. The molecule has 6 rings (SSSR count). The number of aromatic nitrogens is 5. The minimum atomic E-state index is -4.38. The third-order valence-electron chi connectivity index (χ3n) is 9.04. The molecular weight excluding hydrogens is 535 g/mol. The lowest BCUT2D eigenvalue weighted by atomic mass is 9.72. The van der Waals surface area contributed by atoms with Gasteiger partial charge < -0.3 is 30.4 Å². The van der Waals surface area contributed by atoms with Gasteiger partial charge in [-0.25, -0.2) is 15.0 Å². The molecule has 41 heavy (non-hydrogen) atoms. The molecule has 9 nitrogen and oxygen atoms in total. The highest BCUT2D eigenvalue weighted by atomic mass is 19.4. The maximum absolute atomic E-state index is 13.0. The number of hydrogen-bond donors (Lipinski definition) is 4. The summed E-state index contributed by atoms with van der Waals surface area (Å²) >= 11 is 0. The lowest BCUT2D eigenvalue weighted by Crippen LogP contribution is -2.44. The van der Waals surface area contributed by atoms with E-state index < -0.39 is 23.9 Å². The van der Waals surface area contributed by atoms with Crippen LogP contribution in [-0.2, 0) is 12.6 Å². The Labute approximate surface area is 235 Å². The molecule has 0 radical (unpaired) electrons. The minimum absolute atomic E-state index is 0.0953. The summed E-state index contributed by atoms with van der Waals surface area (Å²) in [5.41, 5.74) is 6.92. The second-order valence-electron chi connectivity index (χ2n) is 12.1. The van der Waals surface area contributed by atoms with Gasteiger partial charge in [-0.15, -0.1) is 0 Å². The topological polar surface area (TPSA) is 129 Å². The molecule has 220 valence electrons. The summed E-state index contributed by atoms with van der Waals surface area (Å²) in [5, 5.41) is 22.7. The number of rotatable bonds is 8. The lowest BCUT2D eigenvalue weighted by Gasteiger charge is -2.40. The predicted octanol–water partition coefficient (Wildman–Crippen LogP) is 4.17. The summed E-state index contributed by atoms with van der Waals surface area (Å²) < 4.78 is 41.0. The van der Waals surface area contributed by atoms with Gasteiger partial charge in [-0.3, -0.25) is 0 Å². The smallest absolute Gasteiger partial charge is 0.390 e. The first-order valence-corrected chi connectivity index (χ1v) is 14.2. The summed E-state index contributed by atoms with van der Waals surface area (Å²) in [6.45, 7) is 5.86. The monoisotopic (exact) mass is 571 g/mol. The fourth-order valence-electron chi connectivity index (χ4n) is 6.74. The van der Waals surface area contributed by atoms with Crippen LogP contribution in [-0.4, -0.2) is 71.0 Å². The Morgan fingerprint density at radius 1 is 1.07 bits per heavy atom. The molecule has 0 spiro atoms. The van der Waals surface area contributed by atoms with E-state index in [0.29, 0.717) is 53.7 Å². The normalized spacial score (nSPS) is 27.0. The molecule has 0 aliphatic heterocycles. The van der Waals surface area contributed by atoms with E-state index in [1.54, 1.807) is 0 Å². The highest BCUT2D eigenvalue weighted by Crippen LogP contribution is 2.40. The molecule has 2 saturated carbocycles. The number of H-pyrrole nitrogens is 1. The van der Waals surface area contributed by atoms with E-state index in [1.165, 1.54) is 12.4 Å². The molecule has 0 saturated heterocycles. The van der Waals surface area contributed by atoms with E-state index in [9.17, 15) is 23.4 Å². The molecule has 0 unspecified atom stereocenters. The van der Waals surface area contributed by atoms with Gasteiger partial charge in [-0.1, -0.05) is 0 Å². The van der Waals surface area contributed by atoms with Crippen LogP contribution in [0.4, 0.5) is 19.0 Å². The van der Waals surface area contributed by atoms with E-state index in [4.69, 9.17) is 5.73 Å². The number of nitrogens with two attached hydrogens (primary N) is 1. The molecule has 2 aliphatic carbocycles. The fraction of sp³-hybridized carbons (Fsp3) is 0.552. The van der Waals surface area contributed by atoms with Gasteiger partial charge in [0.25, 0.3) is 0 Å². The number of nitrogens with one attached hydrogen (secondary N) is 1. The Bertz CT molecular complexity index is 1530. The zero-order chi connectivity index (χ0) is 29.1. The van der Waals surface area contributed by atoms with E-state index in [2.05, 4.69) is 38.7 Å². The fourth-order valence-corrected chi connectivity index (χ4v) is 6.74. The number of alkyl halides is 3. The first-order chi connectivity index (χ1) is 19.5. The average molecular weight is 572 g/mol. The van der Waals surface area contributed by atoms with Gasteiger partial charge >= 0.3 is 6.18 Å². The number of hydrogen-bond acceptors (Lipinski definition) is 7. The van der Waals surface area contributed by atoms with Crippen LogP contribution in [0.1, 0.15) is 50.5 Å². The van der Waals surface area contributed by atoms with Crippen molar-refractivity contribution in [2.24, 2.45) is 17.8 Å². The largest absolute Gasteiger partial charge is 0.416 e. The highest BCUT2D eigenvalue weighted by Gasteiger charge is 2.44. The molecule has 4 atom stereocenters. The van der Waals surface area contributed by atoms with Crippen molar-refractivity contribution in [1.82, 2.24) is 29.4 Å².